The Kier molecular flexibility index (Phi) is 3.38. The Morgan fingerprint density at radius 3 is 2.80 bits per heavy atom. The summed E-state index contributed by atoms with van der Waals surface area (Å²) < 4.78 is 2.03. The van der Waals surface area contributed by atoms with E-state index in [0.717, 1.165) is 25.7 Å². The highest BCUT2D eigenvalue weighted by Crippen LogP contribution is 2.35. The lowest BCUT2D eigenvalue weighted by Gasteiger charge is -2.09. The van der Waals surface area contributed by atoms with Gasteiger partial charge in [-0.05, 0) is 42.4 Å². The van der Waals surface area contributed by atoms with Gasteiger partial charge in [0.2, 0.25) is 0 Å². The summed E-state index contributed by atoms with van der Waals surface area (Å²) in [7, 11) is 2.05. The topological polar surface area (TPSA) is 43.8 Å². The monoisotopic (exact) mass is 269 g/mol. The number of aromatic nitrogens is 2. The van der Waals surface area contributed by atoms with Crippen LogP contribution in [0.2, 0.25) is 0 Å². The summed E-state index contributed by atoms with van der Waals surface area (Å²) in [5.74, 6) is 0. The summed E-state index contributed by atoms with van der Waals surface area (Å²) >= 11 is 0. The van der Waals surface area contributed by atoms with Crippen LogP contribution in [0.3, 0.4) is 0 Å². The summed E-state index contributed by atoms with van der Waals surface area (Å²) in [5, 5.41) is 4.68. The van der Waals surface area contributed by atoms with Crippen molar-refractivity contribution in [2.45, 2.75) is 45.6 Å². The minimum absolute atomic E-state index is 0.226. The highest BCUT2D eigenvalue weighted by molar-refractivity contribution is 5.70. The average molecular weight is 269 g/mol. The van der Waals surface area contributed by atoms with Gasteiger partial charge in [0.15, 0.2) is 0 Å². The highest BCUT2D eigenvalue weighted by Gasteiger charge is 2.21. The third-order valence-corrected chi connectivity index (χ3v) is 4.46. The summed E-state index contributed by atoms with van der Waals surface area (Å²) in [4.78, 5) is 0. The molecule has 1 heterocycles. The predicted molar refractivity (Wildman–Crippen MR) is 82.6 cm³/mol. The van der Waals surface area contributed by atoms with Crippen molar-refractivity contribution in [1.29, 1.82) is 0 Å². The lowest BCUT2D eigenvalue weighted by molar-refractivity contribution is 0.705. The second-order valence-corrected chi connectivity index (χ2v) is 5.66. The fourth-order valence-electron chi connectivity index (χ4n) is 3.41. The SMILES string of the molecule is CCc1nn(C)c(CC)c1-c1ccc2c(c1)CCC2N. The molecule has 0 saturated carbocycles. The summed E-state index contributed by atoms with van der Waals surface area (Å²) in [6, 6.07) is 7.00. The van der Waals surface area contributed by atoms with Crippen molar-refractivity contribution in [2.75, 3.05) is 0 Å². The zero-order chi connectivity index (χ0) is 14.3. The average Bonchev–Trinajstić information content (AvgIpc) is 2.98. The van der Waals surface area contributed by atoms with Crippen molar-refractivity contribution in [3.05, 3.63) is 40.7 Å². The van der Waals surface area contributed by atoms with Crippen LogP contribution in [0.1, 0.15) is 48.8 Å². The third-order valence-electron chi connectivity index (χ3n) is 4.46. The van der Waals surface area contributed by atoms with E-state index in [-0.39, 0.29) is 6.04 Å². The van der Waals surface area contributed by atoms with E-state index in [0.29, 0.717) is 0 Å². The number of nitrogens with two attached hydrogens (primary N) is 1. The quantitative estimate of drug-likeness (QED) is 0.930. The van der Waals surface area contributed by atoms with Crippen LogP contribution in [-0.4, -0.2) is 9.78 Å². The van der Waals surface area contributed by atoms with Crippen LogP contribution in [0, 0.1) is 0 Å². The Bertz CT molecular complexity index is 640. The molecule has 1 atom stereocenters. The fraction of sp³-hybridized carbons (Fsp3) is 0.471. The van der Waals surface area contributed by atoms with Crippen molar-refractivity contribution in [1.82, 2.24) is 9.78 Å². The molecule has 2 N–H and O–H groups in total. The van der Waals surface area contributed by atoms with Gasteiger partial charge < -0.3 is 5.73 Å². The molecule has 0 bridgehead atoms. The molecule has 106 valence electrons. The Hall–Kier alpha value is -1.61. The molecule has 1 unspecified atom stereocenters. The number of fused-ring (bicyclic) bond motifs is 1. The minimum atomic E-state index is 0.226. The van der Waals surface area contributed by atoms with Crippen LogP contribution < -0.4 is 5.73 Å². The first-order valence-electron chi connectivity index (χ1n) is 7.59. The lowest BCUT2D eigenvalue weighted by Crippen LogP contribution is -2.04. The molecule has 0 spiro atoms. The van der Waals surface area contributed by atoms with Crippen LogP contribution in [0.15, 0.2) is 18.2 Å². The van der Waals surface area contributed by atoms with Gasteiger partial charge >= 0.3 is 0 Å². The molecule has 0 radical (unpaired) electrons. The van der Waals surface area contributed by atoms with Gasteiger partial charge in [-0.25, -0.2) is 0 Å². The summed E-state index contributed by atoms with van der Waals surface area (Å²) in [6.45, 7) is 4.37. The molecule has 0 fully saturated rings. The fourth-order valence-corrected chi connectivity index (χ4v) is 3.41. The Morgan fingerprint density at radius 1 is 1.30 bits per heavy atom. The normalized spacial score (nSPS) is 17.5. The van der Waals surface area contributed by atoms with E-state index in [1.165, 1.54) is 33.6 Å². The number of rotatable bonds is 3. The molecule has 0 amide bonds. The molecule has 3 rings (SSSR count). The first-order valence-corrected chi connectivity index (χ1v) is 7.59. The van der Waals surface area contributed by atoms with Gasteiger partial charge in [-0.2, -0.15) is 5.10 Å². The predicted octanol–water partition coefficient (Wildman–Crippen LogP) is 3.16. The highest BCUT2D eigenvalue weighted by atomic mass is 15.3. The van der Waals surface area contributed by atoms with Crippen LogP contribution in [0.5, 0.6) is 0 Å². The van der Waals surface area contributed by atoms with Crippen LogP contribution >= 0.6 is 0 Å². The minimum Gasteiger partial charge on any atom is -0.324 e. The number of hydrogen-bond donors (Lipinski definition) is 1. The molecule has 0 saturated heterocycles. The molecular formula is C17H23N3. The molecule has 2 aromatic rings. The molecule has 0 aliphatic heterocycles. The third kappa shape index (κ3) is 1.97. The standard InChI is InChI=1S/C17H23N3/c1-4-15-17(16(5-2)20(3)19-15)12-6-8-13-11(10-12)7-9-14(13)18/h6,8,10,14H,4-5,7,9,18H2,1-3H3. The van der Waals surface area contributed by atoms with Gasteiger partial charge in [-0.1, -0.05) is 32.0 Å². The molecule has 3 nitrogen and oxygen atoms in total. The molecule has 20 heavy (non-hydrogen) atoms. The van der Waals surface area contributed by atoms with Crippen molar-refractivity contribution in [3.8, 4) is 11.1 Å². The molecule has 1 aliphatic carbocycles. The molecule has 1 aromatic carbocycles. The van der Waals surface area contributed by atoms with Crippen molar-refractivity contribution in [2.24, 2.45) is 12.8 Å². The van der Waals surface area contributed by atoms with E-state index in [1.807, 2.05) is 11.7 Å². The van der Waals surface area contributed by atoms with Crippen molar-refractivity contribution < 1.29 is 0 Å². The summed E-state index contributed by atoms with van der Waals surface area (Å²) in [6.07, 6.45) is 4.16. The van der Waals surface area contributed by atoms with E-state index in [4.69, 9.17) is 5.73 Å². The zero-order valence-corrected chi connectivity index (χ0v) is 12.6. The number of benzene rings is 1. The number of aryl methyl sites for hydroxylation is 3. The van der Waals surface area contributed by atoms with Gasteiger partial charge in [0, 0.05) is 24.3 Å². The molecule has 3 heteroatoms. The second kappa shape index (κ2) is 5.06. The van der Waals surface area contributed by atoms with Crippen LogP contribution in [-0.2, 0) is 26.3 Å². The van der Waals surface area contributed by atoms with E-state index in [2.05, 4.69) is 37.1 Å². The van der Waals surface area contributed by atoms with Gasteiger partial charge in [0.05, 0.1) is 5.69 Å². The van der Waals surface area contributed by atoms with Gasteiger partial charge in [0.25, 0.3) is 0 Å². The first-order chi connectivity index (χ1) is 9.65. The molecule has 1 aliphatic rings. The largest absolute Gasteiger partial charge is 0.324 e. The zero-order valence-electron chi connectivity index (χ0n) is 12.6. The lowest BCUT2D eigenvalue weighted by atomic mass is 9.96. The van der Waals surface area contributed by atoms with Crippen LogP contribution in [0.4, 0.5) is 0 Å². The smallest absolute Gasteiger partial charge is 0.0703 e. The maximum absolute atomic E-state index is 6.13. The number of hydrogen-bond acceptors (Lipinski definition) is 2. The maximum Gasteiger partial charge on any atom is 0.0703 e. The second-order valence-electron chi connectivity index (χ2n) is 5.66. The van der Waals surface area contributed by atoms with E-state index in [9.17, 15) is 0 Å². The number of nitrogens with zero attached hydrogens (tertiary/aromatic N) is 2. The summed E-state index contributed by atoms with van der Waals surface area (Å²) in [5.41, 5.74) is 14.0. The Balaban J connectivity index is 2.14. The van der Waals surface area contributed by atoms with E-state index in [1.54, 1.807) is 0 Å². The Labute approximate surface area is 120 Å². The van der Waals surface area contributed by atoms with E-state index >= 15 is 0 Å². The molecular weight excluding hydrogens is 246 g/mol. The van der Waals surface area contributed by atoms with Gasteiger partial charge in [-0.3, -0.25) is 4.68 Å². The van der Waals surface area contributed by atoms with Gasteiger partial charge in [0.1, 0.15) is 0 Å². The van der Waals surface area contributed by atoms with Crippen molar-refractivity contribution in [3.63, 3.8) is 0 Å². The van der Waals surface area contributed by atoms with Crippen LogP contribution in [0.25, 0.3) is 11.1 Å². The van der Waals surface area contributed by atoms with Crippen molar-refractivity contribution >= 4 is 0 Å². The van der Waals surface area contributed by atoms with E-state index < -0.39 is 0 Å². The van der Waals surface area contributed by atoms with Gasteiger partial charge in [-0.15, -0.1) is 0 Å². The maximum atomic E-state index is 6.13. The first kappa shape index (κ1) is 13.4. The molecule has 1 aromatic heterocycles. The Morgan fingerprint density at radius 2 is 2.10 bits per heavy atom.